The van der Waals surface area contributed by atoms with Gasteiger partial charge in [0.25, 0.3) is 5.67 Å². The van der Waals surface area contributed by atoms with Crippen LogP contribution in [0.5, 0.6) is 0 Å². The number of benzene rings is 2. The molecule has 0 unspecified atom stereocenters. The van der Waals surface area contributed by atoms with Crippen LogP contribution in [0, 0.1) is 0 Å². The third-order valence-electron chi connectivity index (χ3n) is 5.71. The lowest BCUT2D eigenvalue weighted by Gasteiger charge is -2.35. The van der Waals surface area contributed by atoms with Crippen LogP contribution in [0.3, 0.4) is 0 Å². The Morgan fingerprint density at radius 2 is 1.70 bits per heavy atom. The Morgan fingerprint density at radius 3 is 2.27 bits per heavy atom. The molecule has 33 heavy (non-hydrogen) atoms. The van der Waals surface area contributed by atoms with E-state index < -0.39 is 48.1 Å². The van der Waals surface area contributed by atoms with Crippen LogP contribution in [-0.2, 0) is 25.7 Å². The minimum absolute atomic E-state index is 0.00756. The Hall–Kier alpha value is -2.23. The highest BCUT2D eigenvalue weighted by molar-refractivity contribution is 7.98. The van der Waals surface area contributed by atoms with E-state index in [0.29, 0.717) is 10.6 Å². The molecule has 0 radical (unpaired) electrons. The number of thioether (sulfide) groups is 1. The molecule has 0 spiro atoms. The summed E-state index contributed by atoms with van der Waals surface area (Å²) in [5.41, 5.74) is -6.18. The molecule has 0 aromatic heterocycles. The van der Waals surface area contributed by atoms with Crippen LogP contribution in [0.4, 0.5) is 13.2 Å². The Labute approximate surface area is 199 Å². The lowest BCUT2D eigenvalue weighted by atomic mass is 9.81. The lowest BCUT2D eigenvalue weighted by molar-refractivity contribution is -0.202. The van der Waals surface area contributed by atoms with Gasteiger partial charge in [-0.05, 0) is 41.7 Å². The van der Waals surface area contributed by atoms with Gasteiger partial charge >= 0.3 is 17.9 Å². The number of carbonyl (C=O) groups is 2. The number of halogens is 4. The minimum atomic E-state index is -4.50. The Kier molecular flexibility index (Phi) is 7.65. The molecular formula is C23H23ClF3NO4S. The van der Waals surface area contributed by atoms with Crippen LogP contribution in [0.1, 0.15) is 23.6 Å². The van der Waals surface area contributed by atoms with Crippen molar-refractivity contribution in [3.8, 4) is 0 Å². The number of esters is 2. The highest BCUT2D eigenvalue weighted by Gasteiger charge is 2.83. The monoisotopic (exact) mass is 501 g/mol. The number of hydrogen-bond donors (Lipinski definition) is 1. The first-order valence-corrected chi connectivity index (χ1v) is 11.8. The summed E-state index contributed by atoms with van der Waals surface area (Å²) in [6, 6.07) is 11.8. The van der Waals surface area contributed by atoms with Crippen LogP contribution in [0.15, 0.2) is 54.6 Å². The van der Waals surface area contributed by atoms with Crippen molar-refractivity contribution in [1.29, 1.82) is 0 Å². The molecule has 1 fully saturated rings. The van der Waals surface area contributed by atoms with Gasteiger partial charge in [0, 0.05) is 5.02 Å². The molecule has 0 saturated carbocycles. The van der Waals surface area contributed by atoms with Gasteiger partial charge < -0.3 is 9.47 Å². The van der Waals surface area contributed by atoms with E-state index in [2.05, 4.69) is 10.1 Å². The molecule has 1 aliphatic rings. The summed E-state index contributed by atoms with van der Waals surface area (Å²) in [7, 11) is 0.935. The van der Waals surface area contributed by atoms with Crippen molar-refractivity contribution in [2.45, 2.75) is 36.2 Å². The van der Waals surface area contributed by atoms with Crippen LogP contribution < -0.4 is 5.32 Å². The second-order valence-corrected chi connectivity index (χ2v) is 9.04. The summed E-state index contributed by atoms with van der Waals surface area (Å²) in [6.45, 7) is -0.412. The number of alkyl halides is 3. The van der Waals surface area contributed by atoms with E-state index in [1.807, 2.05) is 0 Å². The number of carbonyl (C=O) groups excluding carboxylic acids is 2. The lowest BCUT2D eigenvalue weighted by Crippen LogP contribution is -2.64. The molecule has 3 rings (SSSR count). The molecule has 3 atom stereocenters. The van der Waals surface area contributed by atoms with Crippen molar-refractivity contribution >= 4 is 35.3 Å². The van der Waals surface area contributed by atoms with Gasteiger partial charge in [-0.15, -0.1) is 0 Å². The number of methoxy groups -OCH3 is 1. The molecule has 0 bridgehead atoms. The van der Waals surface area contributed by atoms with Crippen molar-refractivity contribution in [3.05, 3.63) is 70.7 Å². The average molecular weight is 502 g/mol. The van der Waals surface area contributed by atoms with Crippen LogP contribution >= 0.6 is 23.4 Å². The molecular weight excluding hydrogens is 479 g/mol. The number of hydrogen-bond acceptors (Lipinski definition) is 6. The van der Waals surface area contributed by atoms with Gasteiger partial charge in [0.1, 0.15) is 6.61 Å². The highest BCUT2D eigenvalue weighted by Crippen LogP contribution is 2.57. The first kappa shape index (κ1) is 25.4. The van der Waals surface area contributed by atoms with Crippen molar-refractivity contribution in [2.75, 3.05) is 19.1 Å². The number of rotatable bonds is 8. The van der Waals surface area contributed by atoms with Crippen molar-refractivity contribution in [1.82, 2.24) is 5.32 Å². The summed E-state index contributed by atoms with van der Waals surface area (Å²) >= 11 is 7.09. The van der Waals surface area contributed by atoms with E-state index in [9.17, 15) is 9.59 Å². The van der Waals surface area contributed by atoms with E-state index >= 15 is 13.2 Å². The summed E-state index contributed by atoms with van der Waals surface area (Å²) < 4.78 is 58.2. The molecule has 1 aliphatic heterocycles. The van der Waals surface area contributed by atoms with Gasteiger partial charge in [-0.25, -0.2) is 14.0 Å². The van der Waals surface area contributed by atoms with Crippen LogP contribution in [0.2, 0.25) is 5.02 Å². The molecule has 10 heteroatoms. The predicted octanol–water partition coefficient (Wildman–Crippen LogP) is 4.74. The van der Waals surface area contributed by atoms with E-state index in [4.69, 9.17) is 16.3 Å². The van der Waals surface area contributed by atoms with Gasteiger partial charge in [-0.1, -0.05) is 54.1 Å². The maximum atomic E-state index is 16.5. The Balaban J connectivity index is 2.09. The fraction of sp³-hybridized carbons (Fsp3) is 0.391. The zero-order chi connectivity index (χ0) is 24.3. The third kappa shape index (κ3) is 4.34. The fourth-order valence-corrected chi connectivity index (χ4v) is 4.55. The van der Waals surface area contributed by atoms with Gasteiger partial charge in [-0.3, -0.25) is 5.32 Å². The van der Waals surface area contributed by atoms with Crippen molar-refractivity contribution in [2.24, 2.45) is 0 Å². The van der Waals surface area contributed by atoms with E-state index in [1.165, 1.54) is 36.0 Å². The first-order valence-electron chi connectivity index (χ1n) is 10.0. The highest BCUT2D eigenvalue weighted by atomic mass is 35.5. The maximum absolute atomic E-state index is 16.5. The third-order valence-corrected chi connectivity index (χ3v) is 6.57. The van der Waals surface area contributed by atoms with Crippen molar-refractivity contribution < 1.29 is 32.2 Å². The standard InChI is InChI=1S/C23H23ClF3NO4S/c1-31-19(29)21(12-13-33-2)23(26,27)22(25,18(28-21)16-8-10-17(24)11-9-16)20(30)32-14-15-6-4-3-5-7-15/h3-11,18,28H,12-14H2,1-2H3/t18-,21+,22+/m0/s1. The smallest absolute Gasteiger partial charge is 0.352 e. The number of nitrogens with one attached hydrogen (secondary N) is 1. The van der Waals surface area contributed by atoms with Crippen LogP contribution in [0.25, 0.3) is 0 Å². The Morgan fingerprint density at radius 1 is 1.06 bits per heavy atom. The topological polar surface area (TPSA) is 64.6 Å². The molecule has 0 aliphatic carbocycles. The summed E-state index contributed by atoms with van der Waals surface area (Å²) in [4.78, 5) is 25.6. The molecule has 178 valence electrons. The molecule has 1 saturated heterocycles. The van der Waals surface area contributed by atoms with E-state index in [-0.39, 0.29) is 11.3 Å². The van der Waals surface area contributed by atoms with Crippen LogP contribution in [-0.4, -0.2) is 48.2 Å². The van der Waals surface area contributed by atoms with E-state index in [0.717, 1.165) is 7.11 Å². The molecule has 5 nitrogen and oxygen atoms in total. The Bertz CT molecular complexity index is 995. The normalized spacial score (nSPS) is 26.1. The van der Waals surface area contributed by atoms with Gasteiger partial charge in [0.2, 0.25) is 0 Å². The zero-order valence-corrected chi connectivity index (χ0v) is 19.5. The molecule has 1 heterocycles. The second kappa shape index (κ2) is 9.95. The molecule has 2 aromatic carbocycles. The summed E-state index contributed by atoms with van der Waals surface area (Å²) in [5, 5.41) is 2.72. The molecule has 0 amide bonds. The molecule has 2 aromatic rings. The largest absolute Gasteiger partial charge is 0.467 e. The minimum Gasteiger partial charge on any atom is -0.467 e. The summed E-state index contributed by atoms with van der Waals surface area (Å²) in [6.07, 6.45) is 1.18. The molecule has 1 N–H and O–H groups in total. The SMILES string of the molecule is COC(=O)[C@@]1(CCSC)N[C@@H](c2ccc(Cl)cc2)[C@@](F)(C(=O)OCc2ccccc2)C1(F)F. The fourth-order valence-electron chi connectivity index (χ4n) is 3.92. The maximum Gasteiger partial charge on any atom is 0.352 e. The average Bonchev–Trinajstić information content (AvgIpc) is 3.01. The van der Waals surface area contributed by atoms with Crippen molar-refractivity contribution in [3.63, 3.8) is 0 Å². The second-order valence-electron chi connectivity index (χ2n) is 7.62. The van der Waals surface area contributed by atoms with Gasteiger partial charge in [0.05, 0.1) is 13.2 Å². The summed E-state index contributed by atoms with van der Waals surface area (Å²) in [5.74, 6) is -7.56. The van der Waals surface area contributed by atoms with E-state index in [1.54, 1.807) is 36.6 Å². The first-order chi connectivity index (χ1) is 15.6. The van der Waals surface area contributed by atoms with Gasteiger partial charge in [0.15, 0.2) is 5.54 Å². The number of ether oxygens (including phenoxy) is 2. The predicted molar refractivity (Wildman–Crippen MR) is 120 cm³/mol. The quantitative estimate of drug-likeness (QED) is 0.527. The zero-order valence-electron chi connectivity index (χ0n) is 17.9. The van der Waals surface area contributed by atoms with Gasteiger partial charge in [-0.2, -0.15) is 20.5 Å².